The Morgan fingerprint density at radius 1 is 1.21 bits per heavy atom. The summed E-state index contributed by atoms with van der Waals surface area (Å²) in [7, 11) is 0. The fourth-order valence-corrected chi connectivity index (χ4v) is 4.54. The summed E-state index contributed by atoms with van der Waals surface area (Å²) >= 11 is 1.64. The molecule has 0 radical (unpaired) electrons. The van der Waals surface area contributed by atoms with Gasteiger partial charge in [-0.1, -0.05) is 17.3 Å². The van der Waals surface area contributed by atoms with Crippen LogP contribution in [0.25, 0.3) is 22.2 Å². The Hall–Kier alpha value is -2.77. The lowest BCUT2D eigenvalue weighted by molar-refractivity contribution is 0.194. The molecule has 0 amide bonds. The third-order valence-corrected chi connectivity index (χ3v) is 5.97. The molecular formula is C21H21N5OS. The van der Waals surface area contributed by atoms with Crippen molar-refractivity contribution >= 4 is 27.8 Å². The maximum absolute atomic E-state index is 5.48. The summed E-state index contributed by atoms with van der Waals surface area (Å²) in [5.41, 5.74) is 2.30. The topological polar surface area (TPSA) is 58.3 Å². The van der Waals surface area contributed by atoms with E-state index in [0.717, 1.165) is 25.2 Å². The van der Waals surface area contributed by atoms with E-state index in [2.05, 4.69) is 56.1 Å². The summed E-state index contributed by atoms with van der Waals surface area (Å²) in [6.07, 6.45) is 3.80. The summed E-state index contributed by atoms with van der Waals surface area (Å²) in [4.78, 5) is 13.7. The van der Waals surface area contributed by atoms with Gasteiger partial charge in [0.05, 0.1) is 6.54 Å². The van der Waals surface area contributed by atoms with Gasteiger partial charge in [0, 0.05) is 65.5 Å². The van der Waals surface area contributed by atoms with Crippen molar-refractivity contribution in [1.82, 2.24) is 20.0 Å². The number of fused-ring (bicyclic) bond motifs is 1. The van der Waals surface area contributed by atoms with Gasteiger partial charge < -0.3 is 9.42 Å². The van der Waals surface area contributed by atoms with Crippen LogP contribution in [0.3, 0.4) is 0 Å². The smallest absolute Gasteiger partial charge is 0.241 e. The standard InChI is InChI=1S/C21H21N5OS/c1-15-12-25(13-20-23-21(24-27-20)17-6-10-28-14-17)8-9-26(15)19-4-2-3-16-11-22-7-5-18(16)19/h2-7,10-11,14-15H,8-9,12-13H2,1H3. The van der Waals surface area contributed by atoms with E-state index < -0.39 is 0 Å². The fourth-order valence-electron chi connectivity index (χ4n) is 3.91. The van der Waals surface area contributed by atoms with Crippen LogP contribution in [0.2, 0.25) is 0 Å². The van der Waals surface area contributed by atoms with Crippen LogP contribution in [0.15, 0.2) is 58.0 Å². The molecule has 0 aliphatic carbocycles. The Bertz CT molecular complexity index is 1070. The first-order chi connectivity index (χ1) is 13.8. The molecule has 0 spiro atoms. The largest absolute Gasteiger partial charge is 0.366 e. The average molecular weight is 392 g/mol. The second-order valence-corrected chi connectivity index (χ2v) is 7.96. The predicted octanol–water partition coefficient (Wildman–Crippen LogP) is 4.06. The molecule has 1 aliphatic heterocycles. The van der Waals surface area contributed by atoms with Gasteiger partial charge in [0.15, 0.2) is 0 Å². The van der Waals surface area contributed by atoms with E-state index in [4.69, 9.17) is 4.52 Å². The molecule has 142 valence electrons. The number of rotatable bonds is 4. The summed E-state index contributed by atoms with van der Waals surface area (Å²) in [6.45, 7) is 5.85. The van der Waals surface area contributed by atoms with Crippen LogP contribution >= 0.6 is 11.3 Å². The highest BCUT2D eigenvalue weighted by molar-refractivity contribution is 7.08. The molecule has 1 fully saturated rings. The molecule has 3 aromatic heterocycles. The number of pyridine rings is 1. The number of thiophene rings is 1. The molecule has 0 N–H and O–H groups in total. The summed E-state index contributed by atoms with van der Waals surface area (Å²) in [5.74, 6) is 1.35. The van der Waals surface area contributed by atoms with E-state index in [1.54, 1.807) is 11.3 Å². The van der Waals surface area contributed by atoms with Gasteiger partial charge in [0.25, 0.3) is 0 Å². The Kier molecular flexibility index (Phi) is 4.54. The van der Waals surface area contributed by atoms with Gasteiger partial charge in [0.1, 0.15) is 0 Å². The quantitative estimate of drug-likeness (QED) is 0.523. The van der Waals surface area contributed by atoms with Gasteiger partial charge >= 0.3 is 0 Å². The Morgan fingerprint density at radius 3 is 3.04 bits per heavy atom. The molecule has 0 bridgehead atoms. The SMILES string of the molecule is CC1CN(Cc2nc(-c3ccsc3)no2)CCN1c1cccc2cnccc12. The van der Waals surface area contributed by atoms with Gasteiger partial charge in [-0.2, -0.15) is 16.3 Å². The Labute approximate surface area is 167 Å². The van der Waals surface area contributed by atoms with Crippen LogP contribution in [0, 0.1) is 0 Å². The number of anilines is 1. The minimum atomic E-state index is 0.395. The minimum absolute atomic E-state index is 0.395. The third-order valence-electron chi connectivity index (χ3n) is 5.29. The first-order valence-electron chi connectivity index (χ1n) is 9.45. The number of piperazine rings is 1. The first kappa shape index (κ1) is 17.3. The third kappa shape index (κ3) is 3.27. The highest BCUT2D eigenvalue weighted by Crippen LogP contribution is 2.29. The molecule has 1 aromatic carbocycles. The lowest BCUT2D eigenvalue weighted by Gasteiger charge is -2.41. The summed E-state index contributed by atoms with van der Waals surface area (Å²) in [5, 5.41) is 10.6. The van der Waals surface area contributed by atoms with E-state index in [9.17, 15) is 0 Å². The van der Waals surface area contributed by atoms with E-state index in [1.165, 1.54) is 16.5 Å². The van der Waals surface area contributed by atoms with Crippen LogP contribution in [-0.4, -0.2) is 45.7 Å². The van der Waals surface area contributed by atoms with Crippen molar-refractivity contribution in [2.24, 2.45) is 0 Å². The molecule has 1 saturated heterocycles. The first-order valence-corrected chi connectivity index (χ1v) is 10.4. The molecule has 1 atom stereocenters. The van der Waals surface area contributed by atoms with E-state index in [0.29, 0.717) is 24.3 Å². The zero-order chi connectivity index (χ0) is 18.9. The van der Waals surface area contributed by atoms with Crippen molar-refractivity contribution in [2.75, 3.05) is 24.5 Å². The summed E-state index contributed by atoms with van der Waals surface area (Å²) < 4.78 is 5.48. The molecule has 1 unspecified atom stereocenters. The second-order valence-electron chi connectivity index (χ2n) is 7.18. The Balaban J connectivity index is 1.29. The van der Waals surface area contributed by atoms with Crippen LogP contribution < -0.4 is 4.90 Å². The van der Waals surface area contributed by atoms with Crippen LogP contribution in [0.5, 0.6) is 0 Å². The highest BCUT2D eigenvalue weighted by atomic mass is 32.1. The van der Waals surface area contributed by atoms with Gasteiger partial charge in [-0.05, 0) is 30.5 Å². The van der Waals surface area contributed by atoms with E-state index in [1.807, 2.05) is 29.2 Å². The minimum Gasteiger partial charge on any atom is -0.366 e. The molecule has 1 aliphatic rings. The number of aromatic nitrogens is 3. The van der Waals surface area contributed by atoms with Crippen LogP contribution in [0.4, 0.5) is 5.69 Å². The Morgan fingerprint density at radius 2 is 2.18 bits per heavy atom. The summed E-state index contributed by atoms with van der Waals surface area (Å²) in [6, 6.07) is 11.0. The molecular weight excluding hydrogens is 370 g/mol. The highest BCUT2D eigenvalue weighted by Gasteiger charge is 2.26. The maximum Gasteiger partial charge on any atom is 0.241 e. The zero-order valence-electron chi connectivity index (χ0n) is 15.7. The van der Waals surface area contributed by atoms with Crippen LogP contribution in [-0.2, 0) is 6.54 Å². The van der Waals surface area contributed by atoms with Crippen molar-refractivity contribution < 1.29 is 4.52 Å². The van der Waals surface area contributed by atoms with Gasteiger partial charge in [0.2, 0.25) is 11.7 Å². The van der Waals surface area contributed by atoms with Crippen molar-refractivity contribution in [1.29, 1.82) is 0 Å². The maximum atomic E-state index is 5.48. The lowest BCUT2D eigenvalue weighted by Crippen LogP contribution is -2.51. The van der Waals surface area contributed by atoms with Gasteiger partial charge in [-0.25, -0.2) is 0 Å². The van der Waals surface area contributed by atoms with Crippen molar-refractivity contribution in [3.8, 4) is 11.4 Å². The van der Waals surface area contributed by atoms with E-state index >= 15 is 0 Å². The zero-order valence-corrected chi connectivity index (χ0v) is 16.5. The molecule has 7 heteroatoms. The molecule has 28 heavy (non-hydrogen) atoms. The van der Waals surface area contributed by atoms with Crippen molar-refractivity contribution in [3.05, 3.63) is 59.4 Å². The number of nitrogens with zero attached hydrogens (tertiary/aromatic N) is 5. The van der Waals surface area contributed by atoms with Crippen molar-refractivity contribution in [2.45, 2.75) is 19.5 Å². The monoisotopic (exact) mass is 391 g/mol. The predicted molar refractivity (Wildman–Crippen MR) is 111 cm³/mol. The molecule has 5 rings (SSSR count). The second kappa shape index (κ2) is 7.33. The normalized spacial score (nSPS) is 18.0. The fraction of sp³-hybridized carbons (Fsp3) is 0.286. The molecule has 4 aromatic rings. The van der Waals surface area contributed by atoms with Crippen molar-refractivity contribution in [3.63, 3.8) is 0 Å². The average Bonchev–Trinajstić information content (AvgIpc) is 3.40. The van der Waals surface area contributed by atoms with E-state index in [-0.39, 0.29) is 0 Å². The number of hydrogen-bond donors (Lipinski definition) is 0. The lowest BCUT2D eigenvalue weighted by atomic mass is 10.1. The number of benzene rings is 1. The molecule has 0 saturated carbocycles. The molecule has 4 heterocycles. The van der Waals surface area contributed by atoms with Gasteiger partial charge in [-0.15, -0.1) is 0 Å². The molecule has 6 nitrogen and oxygen atoms in total. The van der Waals surface area contributed by atoms with Crippen LogP contribution in [0.1, 0.15) is 12.8 Å². The number of hydrogen-bond acceptors (Lipinski definition) is 7. The van der Waals surface area contributed by atoms with Gasteiger partial charge in [-0.3, -0.25) is 9.88 Å².